The number of aromatic nitrogens is 1. The third kappa shape index (κ3) is 5.81. The quantitative estimate of drug-likeness (QED) is 0.216. The van der Waals surface area contributed by atoms with Gasteiger partial charge in [0.1, 0.15) is 5.75 Å². The largest absolute Gasteiger partial charge is 0.497 e. The predicted octanol–water partition coefficient (Wildman–Crippen LogP) is 7.09. The standard InChI is InChI=1S/C23H17Cl2N3O2S2/c1-30-18-7-4-16(5-8-18)27-22(29)13-31-23-28-20-9-6-17(11-21(20)32-23)26-12-14-2-3-15(24)10-19(14)25/h2-12H,13H2,1H3,(H,27,29). The number of rotatable bonds is 7. The molecule has 3 aromatic carbocycles. The fourth-order valence-electron chi connectivity index (χ4n) is 2.78. The van der Waals surface area contributed by atoms with Crippen molar-refractivity contribution in [3.63, 3.8) is 0 Å². The molecule has 0 saturated heterocycles. The summed E-state index contributed by atoms with van der Waals surface area (Å²) in [6.07, 6.45) is 1.71. The van der Waals surface area contributed by atoms with E-state index >= 15 is 0 Å². The summed E-state index contributed by atoms with van der Waals surface area (Å²) in [6.45, 7) is 0. The second kappa shape index (κ2) is 10.4. The van der Waals surface area contributed by atoms with Gasteiger partial charge in [0.15, 0.2) is 4.34 Å². The van der Waals surface area contributed by atoms with E-state index in [0.717, 1.165) is 37.2 Å². The molecule has 1 heterocycles. The number of ether oxygens (including phenoxy) is 1. The zero-order chi connectivity index (χ0) is 22.5. The summed E-state index contributed by atoms with van der Waals surface area (Å²) < 4.78 is 6.95. The highest BCUT2D eigenvalue weighted by atomic mass is 35.5. The molecule has 0 unspecified atom stereocenters. The Kier molecular flexibility index (Phi) is 7.32. The van der Waals surface area contributed by atoms with Gasteiger partial charge in [0.05, 0.1) is 33.8 Å². The first-order valence-electron chi connectivity index (χ1n) is 9.46. The topological polar surface area (TPSA) is 63.6 Å². The molecule has 0 spiro atoms. The maximum absolute atomic E-state index is 12.3. The number of methoxy groups -OCH3 is 1. The van der Waals surface area contributed by atoms with Gasteiger partial charge < -0.3 is 10.1 Å². The van der Waals surface area contributed by atoms with Gasteiger partial charge in [-0.15, -0.1) is 11.3 Å². The molecule has 1 N–H and O–H groups in total. The fraction of sp³-hybridized carbons (Fsp3) is 0.0870. The SMILES string of the molecule is COc1ccc(NC(=O)CSc2nc3ccc(N=Cc4ccc(Cl)cc4Cl)cc3s2)cc1. The van der Waals surface area contributed by atoms with Crippen molar-refractivity contribution in [2.45, 2.75) is 4.34 Å². The van der Waals surface area contributed by atoms with Gasteiger partial charge in [-0.1, -0.05) is 41.0 Å². The number of amides is 1. The van der Waals surface area contributed by atoms with E-state index in [9.17, 15) is 4.79 Å². The number of carbonyl (C=O) groups excluding carboxylic acids is 1. The molecule has 32 heavy (non-hydrogen) atoms. The maximum atomic E-state index is 12.3. The number of nitrogens with one attached hydrogen (secondary N) is 1. The average Bonchev–Trinajstić information content (AvgIpc) is 3.20. The van der Waals surface area contributed by atoms with Crippen LogP contribution in [0.2, 0.25) is 10.0 Å². The van der Waals surface area contributed by atoms with Gasteiger partial charge in [-0.3, -0.25) is 9.79 Å². The average molecular weight is 502 g/mol. The molecule has 0 radical (unpaired) electrons. The van der Waals surface area contributed by atoms with Crippen LogP contribution in [-0.2, 0) is 4.79 Å². The van der Waals surface area contributed by atoms with Gasteiger partial charge in [-0.2, -0.15) is 0 Å². The summed E-state index contributed by atoms with van der Waals surface area (Å²) in [6, 6.07) is 18.3. The lowest BCUT2D eigenvalue weighted by Crippen LogP contribution is -2.13. The van der Waals surface area contributed by atoms with Crippen LogP contribution in [-0.4, -0.2) is 30.0 Å². The van der Waals surface area contributed by atoms with E-state index in [2.05, 4.69) is 15.3 Å². The second-order valence-corrected chi connectivity index (χ2v) is 9.72. The van der Waals surface area contributed by atoms with Crippen molar-refractivity contribution in [3.8, 4) is 5.75 Å². The minimum atomic E-state index is -0.0930. The Morgan fingerprint density at radius 1 is 1.16 bits per heavy atom. The van der Waals surface area contributed by atoms with Crippen LogP contribution in [0.4, 0.5) is 11.4 Å². The molecule has 0 aliphatic heterocycles. The summed E-state index contributed by atoms with van der Waals surface area (Å²) in [7, 11) is 1.60. The number of aliphatic imine (C=N–C) groups is 1. The van der Waals surface area contributed by atoms with Gasteiger partial charge in [0.2, 0.25) is 5.91 Å². The van der Waals surface area contributed by atoms with Crippen LogP contribution in [0.3, 0.4) is 0 Å². The first-order chi connectivity index (χ1) is 15.5. The molecule has 1 aromatic heterocycles. The Hall–Kier alpha value is -2.58. The van der Waals surface area contributed by atoms with E-state index in [1.165, 1.54) is 23.1 Å². The lowest BCUT2D eigenvalue weighted by Gasteiger charge is -2.05. The van der Waals surface area contributed by atoms with Crippen molar-refractivity contribution < 1.29 is 9.53 Å². The first-order valence-corrected chi connectivity index (χ1v) is 12.0. The van der Waals surface area contributed by atoms with Gasteiger partial charge in [0, 0.05) is 22.5 Å². The van der Waals surface area contributed by atoms with Crippen LogP contribution in [0.15, 0.2) is 70.0 Å². The van der Waals surface area contributed by atoms with Crippen molar-refractivity contribution in [2.24, 2.45) is 4.99 Å². The molecule has 9 heteroatoms. The molecule has 0 aliphatic carbocycles. The van der Waals surface area contributed by atoms with E-state index in [0.29, 0.717) is 10.0 Å². The van der Waals surface area contributed by atoms with Gasteiger partial charge in [-0.25, -0.2) is 4.98 Å². The lowest BCUT2D eigenvalue weighted by molar-refractivity contribution is -0.113. The normalized spacial score (nSPS) is 11.2. The third-order valence-electron chi connectivity index (χ3n) is 4.37. The molecule has 0 bridgehead atoms. The highest BCUT2D eigenvalue weighted by Crippen LogP contribution is 2.32. The van der Waals surface area contributed by atoms with Crippen molar-refractivity contribution >= 4 is 80.0 Å². The summed E-state index contributed by atoms with van der Waals surface area (Å²) in [5.41, 5.74) is 3.18. The Morgan fingerprint density at radius 3 is 2.72 bits per heavy atom. The number of fused-ring (bicyclic) bond motifs is 1. The number of thioether (sulfide) groups is 1. The molecular formula is C23H17Cl2N3O2S2. The van der Waals surface area contributed by atoms with E-state index in [4.69, 9.17) is 27.9 Å². The van der Waals surface area contributed by atoms with Crippen LogP contribution >= 0.6 is 46.3 Å². The molecule has 162 valence electrons. The Morgan fingerprint density at radius 2 is 1.97 bits per heavy atom. The number of halogens is 2. The van der Waals surface area contributed by atoms with E-state index < -0.39 is 0 Å². The Labute approximate surface area is 203 Å². The number of hydrogen-bond acceptors (Lipinski definition) is 6. The fourth-order valence-corrected chi connectivity index (χ4v) is 5.14. The predicted molar refractivity (Wildman–Crippen MR) is 136 cm³/mol. The molecule has 4 aromatic rings. The summed E-state index contributed by atoms with van der Waals surface area (Å²) >= 11 is 15.1. The van der Waals surface area contributed by atoms with Crippen LogP contribution in [0.5, 0.6) is 5.75 Å². The van der Waals surface area contributed by atoms with Crippen LogP contribution in [0, 0.1) is 0 Å². The minimum Gasteiger partial charge on any atom is -0.497 e. The Bertz CT molecular complexity index is 1290. The number of carbonyl (C=O) groups is 1. The van der Waals surface area contributed by atoms with Gasteiger partial charge >= 0.3 is 0 Å². The summed E-state index contributed by atoms with van der Waals surface area (Å²) in [4.78, 5) is 21.4. The third-order valence-corrected chi connectivity index (χ3v) is 7.09. The van der Waals surface area contributed by atoms with Crippen molar-refractivity contribution in [1.29, 1.82) is 0 Å². The van der Waals surface area contributed by atoms with Crippen LogP contribution in [0.1, 0.15) is 5.56 Å². The number of benzene rings is 3. The molecule has 0 fully saturated rings. The number of nitrogens with zero attached hydrogens (tertiary/aromatic N) is 2. The first kappa shape index (κ1) is 22.6. The highest BCUT2D eigenvalue weighted by molar-refractivity contribution is 8.01. The van der Waals surface area contributed by atoms with Crippen LogP contribution in [0.25, 0.3) is 10.2 Å². The molecule has 1 amide bonds. The second-order valence-electron chi connectivity index (χ2n) is 6.62. The van der Waals surface area contributed by atoms with E-state index in [1.54, 1.807) is 49.7 Å². The Balaban J connectivity index is 1.39. The van der Waals surface area contributed by atoms with Gasteiger partial charge in [-0.05, 0) is 54.6 Å². The van der Waals surface area contributed by atoms with E-state index in [-0.39, 0.29) is 11.7 Å². The van der Waals surface area contributed by atoms with Crippen molar-refractivity contribution in [2.75, 3.05) is 18.2 Å². The number of thiazole rings is 1. The molecule has 0 saturated carbocycles. The molecule has 0 aliphatic rings. The molecule has 5 nitrogen and oxygen atoms in total. The molecule has 0 atom stereocenters. The highest BCUT2D eigenvalue weighted by Gasteiger charge is 2.09. The minimum absolute atomic E-state index is 0.0930. The lowest BCUT2D eigenvalue weighted by atomic mass is 10.2. The number of hydrogen-bond donors (Lipinski definition) is 1. The monoisotopic (exact) mass is 501 g/mol. The smallest absolute Gasteiger partial charge is 0.234 e. The van der Waals surface area contributed by atoms with Crippen molar-refractivity contribution in [1.82, 2.24) is 4.98 Å². The van der Waals surface area contributed by atoms with Gasteiger partial charge in [0.25, 0.3) is 0 Å². The van der Waals surface area contributed by atoms with E-state index in [1.807, 2.05) is 24.3 Å². The molecule has 4 rings (SSSR count). The molecular weight excluding hydrogens is 485 g/mol. The zero-order valence-corrected chi connectivity index (χ0v) is 20.0. The zero-order valence-electron chi connectivity index (χ0n) is 16.8. The maximum Gasteiger partial charge on any atom is 0.234 e. The van der Waals surface area contributed by atoms with Crippen molar-refractivity contribution in [3.05, 3.63) is 76.3 Å². The summed E-state index contributed by atoms with van der Waals surface area (Å²) in [5, 5.41) is 4.00. The van der Waals surface area contributed by atoms with Crippen LogP contribution < -0.4 is 10.1 Å². The summed E-state index contributed by atoms with van der Waals surface area (Å²) in [5.74, 6) is 0.919. The number of anilines is 1.